The van der Waals surface area contributed by atoms with E-state index in [0.29, 0.717) is 12.8 Å². The fourth-order valence-electron chi connectivity index (χ4n) is 2.51. The summed E-state index contributed by atoms with van der Waals surface area (Å²) in [5.74, 6) is -0.945. The molecule has 1 aliphatic rings. The molecule has 1 saturated carbocycles. The molecule has 0 aromatic carbocycles. The summed E-state index contributed by atoms with van der Waals surface area (Å²) < 4.78 is 10.3. The van der Waals surface area contributed by atoms with Crippen molar-refractivity contribution in [2.75, 3.05) is 6.61 Å². The van der Waals surface area contributed by atoms with E-state index >= 15 is 0 Å². The van der Waals surface area contributed by atoms with Crippen molar-refractivity contribution >= 4 is 12.1 Å². The Hall–Kier alpha value is -1.30. The van der Waals surface area contributed by atoms with Gasteiger partial charge in [-0.05, 0) is 53.9 Å². The van der Waals surface area contributed by atoms with Gasteiger partial charge >= 0.3 is 12.1 Å². The van der Waals surface area contributed by atoms with Crippen LogP contribution >= 0.6 is 0 Å². The number of aliphatic hydroxyl groups is 1. The van der Waals surface area contributed by atoms with Crippen molar-refractivity contribution in [1.29, 1.82) is 0 Å². The van der Waals surface area contributed by atoms with Crippen LogP contribution in [0.4, 0.5) is 4.79 Å². The summed E-state index contributed by atoms with van der Waals surface area (Å²) >= 11 is 0. The lowest BCUT2D eigenvalue weighted by Crippen LogP contribution is -2.52. The predicted octanol–water partition coefficient (Wildman–Crippen LogP) is 1.99. The van der Waals surface area contributed by atoms with Gasteiger partial charge in [-0.2, -0.15) is 0 Å². The third-order valence-corrected chi connectivity index (χ3v) is 3.43. The third-order valence-electron chi connectivity index (χ3n) is 3.43. The number of esters is 1. The maximum absolute atomic E-state index is 12.0. The van der Waals surface area contributed by atoms with Gasteiger partial charge in [0.15, 0.2) is 0 Å². The Labute approximate surface area is 126 Å². The third kappa shape index (κ3) is 5.91. The molecule has 0 unspecified atom stereocenters. The van der Waals surface area contributed by atoms with E-state index in [1.807, 2.05) is 0 Å². The lowest BCUT2D eigenvalue weighted by Gasteiger charge is -2.38. The zero-order valence-electron chi connectivity index (χ0n) is 13.6. The molecule has 1 aliphatic carbocycles. The van der Waals surface area contributed by atoms with E-state index in [2.05, 4.69) is 5.32 Å². The summed E-state index contributed by atoms with van der Waals surface area (Å²) in [4.78, 5) is 23.9. The lowest BCUT2D eigenvalue weighted by molar-refractivity contribution is -0.154. The highest BCUT2D eigenvalue weighted by molar-refractivity contribution is 5.75. The Bertz CT molecular complexity index is 386. The molecule has 0 aromatic heterocycles. The molecule has 3 atom stereocenters. The van der Waals surface area contributed by atoms with E-state index in [9.17, 15) is 14.7 Å². The first kappa shape index (κ1) is 17.8. The van der Waals surface area contributed by atoms with Crippen molar-refractivity contribution in [3.8, 4) is 0 Å². The number of alkyl carbamates (subject to hydrolysis) is 1. The van der Waals surface area contributed by atoms with Gasteiger partial charge in [-0.15, -0.1) is 0 Å². The number of nitrogens with one attached hydrogen (secondary N) is 1. The Balaban J connectivity index is 2.73. The van der Waals surface area contributed by atoms with Gasteiger partial charge in [0.1, 0.15) is 5.60 Å². The van der Waals surface area contributed by atoms with Crippen LogP contribution in [0.2, 0.25) is 0 Å². The minimum atomic E-state index is -0.913. The Morgan fingerprint density at radius 3 is 2.52 bits per heavy atom. The van der Waals surface area contributed by atoms with E-state index in [1.165, 1.54) is 0 Å². The van der Waals surface area contributed by atoms with Crippen LogP contribution in [-0.4, -0.2) is 41.0 Å². The summed E-state index contributed by atoms with van der Waals surface area (Å²) in [7, 11) is 0. The first-order chi connectivity index (χ1) is 9.54. The normalized spacial score (nSPS) is 29.6. The number of ether oxygens (including phenoxy) is 2. The van der Waals surface area contributed by atoms with Crippen molar-refractivity contribution in [2.24, 2.45) is 5.92 Å². The molecule has 1 amide bonds. The molecule has 21 heavy (non-hydrogen) atoms. The highest BCUT2D eigenvalue weighted by atomic mass is 16.6. The van der Waals surface area contributed by atoms with Crippen LogP contribution in [0, 0.1) is 5.92 Å². The van der Waals surface area contributed by atoms with Crippen LogP contribution < -0.4 is 5.32 Å². The van der Waals surface area contributed by atoms with Crippen molar-refractivity contribution in [3.05, 3.63) is 0 Å². The molecule has 1 rings (SSSR count). The Morgan fingerprint density at radius 1 is 1.38 bits per heavy atom. The van der Waals surface area contributed by atoms with E-state index in [4.69, 9.17) is 9.47 Å². The highest BCUT2D eigenvalue weighted by Crippen LogP contribution is 2.33. The molecule has 0 aliphatic heterocycles. The molecule has 0 radical (unpaired) electrons. The number of hydrogen-bond donors (Lipinski definition) is 2. The van der Waals surface area contributed by atoms with Gasteiger partial charge in [0, 0.05) is 6.04 Å². The molecule has 0 aromatic rings. The van der Waals surface area contributed by atoms with E-state index in [1.54, 1.807) is 34.6 Å². The van der Waals surface area contributed by atoms with E-state index < -0.39 is 29.2 Å². The molecular formula is C15H27NO5. The fourth-order valence-corrected chi connectivity index (χ4v) is 2.51. The molecule has 0 bridgehead atoms. The van der Waals surface area contributed by atoms with E-state index in [0.717, 1.165) is 0 Å². The fraction of sp³-hybridized carbons (Fsp3) is 0.867. The molecular weight excluding hydrogens is 274 g/mol. The second kappa shape index (κ2) is 6.64. The van der Waals surface area contributed by atoms with Crippen molar-refractivity contribution in [1.82, 2.24) is 5.32 Å². The SMILES string of the molecule is CCOC(=O)[C@H]1C[C@@](C)(O)CC[C@@H]1NC(=O)OC(C)(C)C. The topological polar surface area (TPSA) is 84.9 Å². The van der Waals surface area contributed by atoms with Gasteiger partial charge in [-0.25, -0.2) is 4.79 Å². The number of amides is 1. The van der Waals surface area contributed by atoms with Crippen LogP contribution in [0.25, 0.3) is 0 Å². The summed E-state index contributed by atoms with van der Waals surface area (Å²) in [6.07, 6.45) is 0.745. The molecule has 0 saturated heterocycles. The summed E-state index contributed by atoms with van der Waals surface area (Å²) in [5, 5.41) is 12.9. The molecule has 0 heterocycles. The minimum Gasteiger partial charge on any atom is -0.466 e. The average molecular weight is 301 g/mol. The molecule has 0 spiro atoms. The molecule has 2 N–H and O–H groups in total. The monoisotopic (exact) mass is 301 g/mol. The van der Waals surface area contributed by atoms with Crippen molar-refractivity contribution < 1.29 is 24.2 Å². The molecule has 6 heteroatoms. The molecule has 122 valence electrons. The van der Waals surface area contributed by atoms with E-state index in [-0.39, 0.29) is 19.1 Å². The minimum absolute atomic E-state index is 0.270. The van der Waals surface area contributed by atoms with Gasteiger partial charge in [0.05, 0.1) is 18.1 Å². The number of hydrogen-bond acceptors (Lipinski definition) is 5. The summed E-state index contributed by atoms with van der Waals surface area (Å²) in [6.45, 7) is 9.04. The highest BCUT2D eigenvalue weighted by Gasteiger charge is 2.42. The smallest absolute Gasteiger partial charge is 0.407 e. The van der Waals surface area contributed by atoms with Crippen LogP contribution in [-0.2, 0) is 14.3 Å². The van der Waals surface area contributed by atoms with Gasteiger partial charge in [-0.1, -0.05) is 0 Å². The maximum Gasteiger partial charge on any atom is 0.407 e. The first-order valence-electron chi connectivity index (χ1n) is 7.42. The lowest BCUT2D eigenvalue weighted by atomic mass is 9.76. The standard InChI is InChI=1S/C15H27NO5/c1-6-20-12(17)10-9-15(5,19)8-7-11(10)16-13(18)21-14(2,3)4/h10-11,19H,6-9H2,1-5H3,(H,16,18)/t10-,11-,15-/m0/s1. The number of carbonyl (C=O) groups is 2. The zero-order chi connectivity index (χ0) is 16.3. The van der Waals surface area contributed by atoms with Crippen molar-refractivity contribution in [2.45, 2.75) is 71.1 Å². The maximum atomic E-state index is 12.0. The van der Waals surface area contributed by atoms with Gasteiger partial charge < -0.3 is 19.9 Å². The quantitative estimate of drug-likeness (QED) is 0.779. The number of carbonyl (C=O) groups excluding carboxylic acids is 2. The zero-order valence-corrected chi connectivity index (χ0v) is 13.6. The summed E-state index contributed by atoms with van der Waals surface area (Å²) in [6, 6.07) is -0.376. The Kier molecular flexibility index (Phi) is 5.61. The average Bonchev–Trinajstić information content (AvgIpc) is 2.29. The Morgan fingerprint density at radius 2 is 2.00 bits per heavy atom. The first-order valence-corrected chi connectivity index (χ1v) is 7.42. The molecule has 1 fully saturated rings. The summed E-state index contributed by atoms with van der Waals surface area (Å²) in [5.41, 5.74) is -1.51. The number of rotatable bonds is 3. The second-order valence-corrected chi connectivity index (χ2v) is 6.85. The molecule has 6 nitrogen and oxygen atoms in total. The van der Waals surface area contributed by atoms with Gasteiger partial charge in [0.25, 0.3) is 0 Å². The van der Waals surface area contributed by atoms with Crippen LogP contribution in [0.5, 0.6) is 0 Å². The van der Waals surface area contributed by atoms with Crippen molar-refractivity contribution in [3.63, 3.8) is 0 Å². The predicted molar refractivity (Wildman–Crippen MR) is 77.8 cm³/mol. The van der Waals surface area contributed by atoms with Gasteiger partial charge in [0.2, 0.25) is 0 Å². The van der Waals surface area contributed by atoms with Crippen LogP contribution in [0.15, 0.2) is 0 Å². The van der Waals surface area contributed by atoms with Gasteiger partial charge in [-0.3, -0.25) is 4.79 Å². The van der Waals surface area contributed by atoms with Crippen LogP contribution in [0.1, 0.15) is 53.9 Å². The van der Waals surface area contributed by atoms with Crippen LogP contribution in [0.3, 0.4) is 0 Å². The largest absolute Gasteiger partial charge is 0.466 e. The second-order valence-electron chi connectivity index (χ2n) is 6.85.